The Hall–Kier alpha value is -2.08. The lowest BCUT2D eigenvalue weighted by Crippen LogP contribution is -2.25. The first kappa shape index (κ1) is 20.0. The van der Waals surface area contributed by atoms with Crippen molar-refractivity contribution < 1.29 is 19.4 Å². The highest BCUT2D eigenvalue weighted by Crippen LogP contribution is 2.19. The van der Waals surface area contributed by atoms with Crippen LogP contribution in [0.4, 0.5) is 0 Å². The third kappa shape index (κ3) is 7.00. The Kier molecular flexibility index (Phi) is 8.86. The molecule has 0 aliphatic carbocycles. The SMILES string of the molecule is CNCCCCCNC(=O)c1cc(COC(=O)C(C)C)ccc1O. The summed E-state index contributed by atoms with van der Waals surface area (Å²) in [5.41, 5.74) is 0.865. The number of rotatable bonds is 10. The lowest BCUT2D eigenvalue weighted by atomic mass is 10.1. The Balaban J connectivity index is 2.52. The Labute approximate surface area is 143 Å². The molecule has 0 unspecified atom stereocenters. The second kappa shape index (κ2) is 10.6. The Bertz CT molecular complexity index is 544. The van der Waals surface area contributed by atoms with Crippen LogP contribution in [0.15, 0.2) is 18.2 Å². The van der Waals surface area contributed by atoms with E-state index in [0.29, 0.717) is 12.1 Å². The first-order chi connectivity index (χ1) is 11.5. The molecule has 0 spiro atoms. The fraction of sp³-hybridized carbons (Fsp3) is 0.556. The van der Waals surface area contributed by atoms with Gasteiger partial charge in [-0.05, 0) is 44.1 Å². The summed E-state index contributed by atoms with van der Waals surface area (Å²) in [6.07, 6.45) is 2.98. The van der Waals surface area contributed by atoms with Crippen LogP contribution in [0, 0.1) is 5.92 Å². The molecule has 0 heterocycles. The van der Waals surface area contributed by atoms with E-state index in [9.17, 15) is 14.7 Å². The number of ether oxygens (including phenoxy) is 1. The highest BCUT2D eigenvalue weighted by Gasteiger charge is 2.13. The van der Waals surface area contributed by atoms with Crippen molar-refractivity contribution in [1.29, 1.82) is 0 Å². The van der Waals surface area contributed by atoms with Crippen LogP contribution in [0.5, 0.6) is 5.75 Å². The van der Waals surface area contributed by atoms with Crippen LogP contribution in [0.3, 0.4) is 0 Å². The summed E-state index contributed by atoms with van der Waals surface area (Å²) in [6, 6.07) is 4.64. The summed E-state index contributed by atoms with van der Waals surface area (Å²) >= 11 is 0. The molecular formula is C18H28N2O4. The molecule has 0 radical (unpaired) electrons. The van der Waals surface area contributed by atoms with Crippen molar-refractivity contribution >= 4 is 11.9 Å². The van der Waals surface area contributed by atoms with Gasteiger partial charge in [0, 0.05) is 6.54 Å². The molecular weight excluding hydrogens is 308 g/mol. The van der Waals surface area contributed by atoms with E-state index in [1.807, 2.05) is 7.05 Å². The number of esters is 1. The van der Waals surface area contributed by atoms with Crippen LogP contribution in [0.25, 0.3) is 0 Å². The molecule has 1 amide bonds. The largest absolute Gasteiger partial charge is 0.507 e. The molecule has 0 aliphatic heterocycles. The van der Waals surface area contributed by atoms with Gasteiger partial charge in [0.2, 0.25) is 0 Å². The van der Waals surface area contributed by atoms with Gasteiger partial charge in [0.1, 0.15) is 12.4 Å². The van der Waals surface area contributed by atoms with Crippen molar-refractivity contribution in [2.45, 2.75) is 39.7 Å². The molecule has 6 heteroatoms. The van der Waals surface area contributed by atoms with Gasteiger partial charge < -0.3 is 20.5 Å². The van der Waals surface area contributed by atoms with Gasteiger partial charge in [0.15, 0.2) is 0 Å². The standard InChI is InChI=1S/C18H28N2O4/c1-13(2)18(23)24-12-14-7-8-16(21)15(11-14)17(22)20-10-6-4-5-9-19-3/h7-8,11,13,19,21H,4-6,9-10,12H2,1-3H3,(H,20,22). The number of phenols is 1. The average molecular weight is 336 g/mol. The maximum atomic E-state index is 12.2. The van der Waals surface area contributed by atoms with Gasteiger partial charge in [-0.3, -0.25) is 9.59 Å². The van der Waals surface area contributed by atoms with Gasteiger partial charge in [-0.15, -0.1) is 0 Å². The van der Waals surface area contributed by atoms with E-state index >= 15 is 0 Å². The van der Waals surface area contributed by atoms with Crippen molar-refractivity contribution in [3.63, 3.8) is 0 Å². The van der Waals surface area contributed by atoms with Crippen LogP contribution in [-0.2, 0) is 16.1 Å². The van der Waals surface area contributed by atoms with E-state index in [-0.39, 0.29) is 35.7 Å². The topological polar surface area (TPSA) is 87.7 Å². The number of amides is 1. The highest BCUT2D eigenvalue weighted by molar-refractivity contribution is 5.97. The van der Waals surface area contributed by atoms with Gasteiger partial charge in [-0.1, -0.05) is 26.3 Å². The van der Waals surface area contributed by atoms with Crippen LogP contribution >= 0.6 is 0 Å². The summed E-state index contributed by atoms with van der Waals surface area (Å²) in [5.74, 6) is -0.900. The number of benzene rings is 1. The summed E-state index contributed by atoms with van der Waals surface area (Å²) < 4.78 is 5.14. The van der Waals surface area contributed by atoms with Gasteiger partial charge >= 0.3 is 5.97 Å². The summed E-state index contributed by atoms with van der Waals surface area (Å²) in [4.78, 5) is 23.7. The van der Waals surface area contributed by atoms with E-state index < -0.39 is 0 Å². The predicted molar refractivity (Wildman–Crippen MR) is 92.9 cm³/mol. The van der Waals surface area contributed by atoms with Gasteiger partial charge in [-0.2, -0.15) is 0 Å². The maximum Gasteiger partial charge on any atom is 0.308 e. The number of nitrogens with one attached hydrogen (secondary N) is 2. The second-order valence-corrected chi connectivity index (χ2v) is 6.03. The van der Waals surface area contributed by atoms with Crippen molar-refractivity contribution in [2.24, 2.45) is 5.92 Å². The molecule has 0 fully saturated rings. The van der Waals surface area contributed by atoms with Crippen LogP contribution in [0.2, 0.25) is 0 Å². The predicted octanol–water partition coefficient (Wildman–Crippen LogP) is 2.21. The van der Waals surface area contributed by atoms with Gasteiger partial charge in [0.25, 0.3) is 5.91 Å². The molecule has 1 aromatic carbocycles. The number of hydrogen-bond donors (Lipinski definition) is 3. The molecule has 0 aliphatic rings. The third-order valence-corrected chi connectivity index (χ3v) is 3.55. The zero-order valence-corrected chi connectivity index (χ0v) is 14.7. The van der Waals surface area contributed by atoms with E-state index in [1.165, 1.54) is 6.07 Å². The monoisotopic (exact) mass is 336 g/mol. The van der Waals surface area contributed by atoms with Crippen LogP contribution in [0.1, 0.15) is 49.0 Å². The summed E-state index contributed by atoms with van der Waals surface area (Å²) in [5, 5.41) is 15.7. The molecule has 0 atom stereocenters. The Morgan fingerprint density at radius 2 is 1.88 bits per heavy atom. The van der Waals surface area contributed by atoms with E-state index in [4.69, 9.17) is 4.74 Å². The smallest absolute Gasteiger partial charge is 0.308 e. The number of hydrogen-bond acceptors (Lipinski definition) is 5. The number of unbranched alkanes of at least 4 members (excludes halogenated alkanes) is 2. The number of carbonyl (C=O) groups excluding carboxylic acids is 2. The maximum absolute atomic E-state index is 12.2. The number of phenolic OH excluding ortho intramolecular Hbond substituents is 1. The normalized spacial score (nSPS) is 10.7. The zero-order valence-electron chi connectivity index (χ0n) is 14.7. The fourth-order valence-corrected chi connectivity index (χ4v) is 2.08. The summed E-state index contributed by atoms with van der Waals surface area (Å²) in [6.45, 7) is 5.13. The van der Waals surface area contributed by atoms with Crippen molar-refractivity contribution in [2.75, 3.05) is 20.1 Å². The van der Waals surface area contributed by atoms with Crippen molar-refractivity contribution in [3.8, 4) is 5.75 Å². The Morgan fingerprint density at radius 3 is 2.54 bits per heavy atom. The highest BCUT2D eigenvalue weighted by atomic mass is 16.5. The minimum Gasteiger partial charge on any atom is -0.507 e. The minimum absolute atomic E-state index is 0.0818. The summed E-state index contributed by atoms with van der Waals surface area (Å²) in [7, 11) is 1.91. The molecule has 0 aromatic heterocycles. The van der Waals surface area contributed by atoms with E-state index in [0.717, 1.165) is 25.8 Å². The molecule has 0 saturated carbocycles. The van der Waals surface area contributed by atoms with Gasteiger partial charge in [-0.25, -0.2) is 0 Å². The second-order valence-electron chi connectivity index (χ2n) is 6.03. The van der Waals surface area contributed by atoms with E-state index in [1.54, 1.807) is 26.0 Å². The molecule has 134 valence electrons. The zero-order chi connectivity index (χ0) is 17.9. The lowest BCUT2D eigenvalue weighted by molar-refractivity contribution is -0.148. The molecule has 6 nitrogen and oxygen atoms in total. The molecule has 0 bridgehead atoms. The molecule has 24 heavy (non-hydrogen) atoms. The van der Waals surface area contributed by atoms with Crippen LogP contribution < -0.4 is 10.6 Å². The lowest BCUT2D eigenvalue weighted by Gasteiger charge is -2.10. The third-order valence-electron chi connectivity index (χ3n) is 3.55. The average Bonchev–Trinajstić information content (AvgIpc) is 2.56. The van der Waals surface area contributed by atoms with Crippen molar-refractivity contribution in [3.05, 3.63) is 29.3 Å². The number of aromatic hydroxyl groups is 1. The molecule has 1 rings (SSSR count). The fourth-order valence-electron chi connectivity index (χ4n) is 2.08. The van der Waals surface area contributed by atoms with E-state index in [2.05, 4.69) is 10.6 Å². The van der Waals surface area contributed by atoms with Crippen molar-refractivity contribution in [1.82, 2.24) is 10.6 Å². The molecule has 3 N–H and O–H groups in total. The Morgan fingerprint density at radius 1 is 1.17 bits per heavy atom. The quantitative estimate of drug-likeness (QED) is 0.450. The number of carbonyl (C=O) groups is 2. The van der Waals surface area contributed by atoms with Crippen LogP contribution in [-0.4, -0.2) is 37.1 Å². The van der Waals surface area contributed by atoms with Gasteiger partial charge in [0.05, 0.1) is 11.5 Å². The first-order valence-electron chi connectivity index (χ1n) is 8.37. The first-order valence-corrected chi connectivity index (χ1v) is 8.37. The minimum atomic E-state index is -0.321. The molecule has 0 saturated heterocycles. The molecule has 1 aromatic rings.